The summed E-state index contributed by atoms with van der Waals surface area (Å²) in [6, 6.07) is 6.70. The van der Waals surface area contributed by atoms with Crippen LogP contribution in [0.3, 0.4) is 0 Å². The summed E-state index contributed by atoms with van der Waals surface area (Å²) in [6.07, 6.45) is 1.12. The Bertz CT molecular complexity index is 737. The Hall–Kier alpha value is -2.26. The number of ether oxygens (including phenoxy) is 2. The summed E-state index contributed by atoms with van der Waals surface area (Å²) < 4.78 is 34.9. The third-order valence-electron chi connectivity index (χ3n) is 5.71. The van der Waals surface area contributed by atoms with Crippen molar-refractivity contribution in [3.05, 3.63) is 29.8 Å². The van der Waals surface area contributed by atoms with E-state index in [0.717, 1.165) is 0 Å². The average molecular weight is 412 g/mol. The summed E-state index contributed by atoms with van der Waals surface area (Å²) in [5, 5.41) is 1.37. The Kier molecular flexibility index (Phi) is 6.69. The molecular weight excluding hydrogens is 386 g/mol. The largest absolute Gasteiger partial charge is 0.469 e. The van der Waals surface area contributed by atoms with E-state index in [1.54, 1.807) is 25.1 Å². The van der Waals surface area contributed by atoms with E-state index >= 15 is 0 Å². The maximum absolute atomic E-state index is 12.7. The van der Waals surface area contributed by atoms with Crippen LogP contribution in [-0.4, -0.2) is 60.8 Å². The first-order chi connectivity index (χ1) is 13.9. The van der Waals surface area contributed by atoms with Crippen LogP contribution in [0.15, 0.2) is 24.3 Å². The minimum atomic E-state index is -2.88. The summed E-state index contributed by atoms with van der Waals surface area (Å²) in [5.41, 5.74) is -0.0761. The van der Waals surface area contributed by atoms with E-state index in [2.05, 4.69) is 9.64 Å². The van der Waals surface area contributed by atoms with Crippen LogP contribution in [0.5, 0.6) is 5.75 Å². The van der Waals surface area contributed by atoms with Gasteiger partial charge in [-0.15, -0.1) is 0 Å². The molecule has 7 nitrogen and oxygen atoms in total. The second kappa shape index (κ2) is 9.04. The molecule has 2 fully saturated rings. The number of carbonyl (C=O) groups is 2. The third kappa shape index (κ3) is 4.35. The molecule has 0 aromatic heterocycles. The number of hydrogen-bond acceptors (Lipinski definition) is 6. The highest BCUT2D eigenvalue weighted by molar-refractivity contribution is 5.88. The van der Waals surface area contributed by atoms with Gasteiger partial charge in [-0.05, 0) is 25.8 Å². The van der Waals surface area contributed by atoms with Crippen molar-refractivity contribution in [2.75, 3.05) is 26.8 Å². The van der Waals surface area contributed by atoms with Crippen molar-refractivity contribution in [2.45, 2.75) is 44.9 Å². The van der Waals surface area contributed by atoms with Crippen molar-refractivity contribution in [3.8, 4) is 5.75 Å². The van der Waals surface area contributed by atoms with Crippen LogP contribution in [0.4, 0.5) is 8.78 Å². The lowest BCUT2D eigenvalue weighted by Crippen LogP contribution is -2.57. The van der Waals surface area contributed by atoms with Crippen LogP contribution in [0.1, 0.15) is 31.7 Å². The van der Waals surface area contributed by atoms with Gasteiger partial charge < -0.3 is 9.47 Å². The van der Waals surface area contributed by atoms with E-state index in [4.69, 9.17) is 9.57 Å². The van der Waals surface area contributed by atoms with Crippen LogP contribution >= 0.6 is 0 Å². The SMILES string of the molecule is CCON1C(=O)CC(C(=O)OC)C12CCN(Cc1ccccc1OC(F)F)CC2. The average Bonchev–Trinajstić information content (AvgIpc) is 2.96. The van der Waals surface area contributed by atoms with E-state index in [0.29, 0.717) is 44.6 Å². The van der Waals surface area contributed by atoms with Crippen molar-refractivity contribution in [1.82, 2.24) is 9.96 Å². The first-order valence-corrected chi connectivity index (χ1v) is 9.70. The number of rotatable bonds is 7. The van der Waals surface area contributed by atoms with Crippen molar-refractivity contribution >= 4 is 11.9 Å². The van der Waals surface area contributed by atoms with Crippen LogP contribution in [0.25, 0.3) is 0 Å². The van der Waals surface area contributed by atoms with Gasteiger partial charge in [-0.3, -0.25) is 19.3 Å². The van der Waals surface area contributed by atoms with Crippen molar-refractivity contribution in [3.63, 3.8) is 0 Å². The fourth-order valence-electron chi connectivity index (χ4n) is 4.35. The molecule has 0 aliphatic carbocycles. The molecule has 0 saturated carbocycles. The Morgan fingerprint density at radius 2 is 1.97 bits per heavy atom. The lowest BCUT2D eigenvalue weighted by molar-refractivity contribution is -0.221. The quantitative estimate of drug-likeness (QED) is 0.642. The van der Waals surface area contributed by atoms with Gasteiger partial charge in [0.1, 0.15) is 5.75 Å². The second-order valence-electron chi connectivity index (χ2n) is 7.25. The van der Waals surface area contributed by atoms with Crippen LogP contribution in [-0.2, 0) is 25.7 Å². The highest BCUT2D eigenvalue weighted by atomic mass is 19.3. The molecule has 2 heterocycles. The first kappa shape index (κ1) is 21.4. The van der Waals surface area contributed by atoms with Crippen molar-refractivity contribution in [2.24, 2.45) is 5.92 Å². The molecule has 1 aromatic carbocycles. The monoisotopic (exact) mass is 412 g/mol. The number of amides is 1. The molecule has 1 unspecified atom stereocenters. The van der Waals surface area contributed by atoms with Gasteiger partial charge in [0, 0.05) is 31.6 Å². The van der Waals surface area contributed by atoms with Crippen molar-refractivity contribution in [1.29, 1.82) is 0 Å². The number of hydroxylamine groups is 2. The number of likely N-dealkylation sites (tertiary alicyclic amines) is 1. The molecule has 0 radical (unpaired) electrons. The number of hydrogen-bond donors (Lipinski definition) is 0. The molecule has 3 rings (SSSR count). The van der Waals surface area contributed by atoms with Crippen LogP contribution in [0.2, 0.25) is 0 Å². The molecule has 0 N–H and O–H groups in total. The maximum atomic E-state index is 12.7. The lowest BCUT2D eigenvalue weighted by Gasteiger charge is -2.45. The molecule has 2 aliphatic rings. The smallest absolute Gasteiger partial charge is 0.387 e. The van der Waals surface area contributed by atoms with E-state index in [1.165, 1.54) is 18.2 Å². The molecule has 0 bridgehead atoms. The topological polar surface area (TPSA) is 68.3 Å². The fraction of sp³-hybridized carbons (Fsp3) is 0.600. The normalized spacial score (nSPS) is 21.8. The number of piperidine rings is 1. The molecule has 1 spiro atoms. The zero-order valence-corrected chi connectivity index (χ0v) is 16.6. The number of para-hydroxylation sites is 1. The number of nitrogens with zero attached hydrogens (tertiary/aromatic N) is 2. The fourth-order valence-corrected chi connectivity index (χ4v) is 4.35. The van der Waals surface area contributed by atoms with Gasteiger partial charge in [0.25, 0.3) is 0 Å². The molecule has 29 heavy (non-hydrogen) atoms. The van der Waals surface area contributed by atoms with Crippen LogP contribution < -0.4 is 4.74 Å². The number of halogens is 2. The number of alkyl halides is 2. The van der Waals surface area contributed by atoms with E-state index in [1.807, 2.05) is 0 Å². The summed E-state index contributed by atoms with van der Waals surface area (Å²) in [4.78, 5) is 32.5. The molecule has 1 amide bonds. The number of benzene rings is 1. The molecular formula is C20H26F2N2O5. The van der Waals surface area contributed by atoms with Gasteiger partial charge in [0.15, 0.2) is 0 Å². The third-order valence-corrected chi connectivity index (χ3v) is 5.71. The number of carbonyl (C=O) groups excluding carboxylic acids is 2. The molecule has 1 atom stereocenters. The Labute approximate surface area is 168 Å². The maximum Gasteiger partial charge on any atom is 0.387 e. The molecule has 2 saturated heterocycles. The summed E-state index contributed by atoms with van der Waals surface area (Å²) >= 11 is 0. The molecule has 1 aromatic rings. The number of esters is 1. The predicted molar refractivity (Wildman–Crippen MR) is 98.9 cm³/mol. The van der Waals surface area contributed by atoms with Gasteiger partial charge in [0.05, 0.1) is 25.2 Å². The van der Waals surface area contributed by atoms with Gasteiger partial charge in [-0.25, -0.2) is 5.06 Å². The Morgan fingerprint density at radius 1 is 1.28 bits per heavy atom. The lowest BCUT2D eigenvalue weighted by atomic mass is 9.77. The minimum Gasteiger partial charge on any atom is -0.469 e. The van der Waals surface area contributed by atoms with Gasteiger partial charge in [-0.1, -0.05) is 18.2 Å². The Morgan fingerprint density at radius 3 is 2.59 bits per heavy atom. The van der Waals surface area contributed by atoms with Gasteiger partial charge >= 0.3 is 12.6 Å². The van der Waals surface area contributed by atoms with Gasteiger partial charge in [-0.2, -0.15) is 8.78 Å². The molecule has 160 valence electrons. The van der Waals surface area contributed by atoms with E-state index < -0.39 is 24.0 Å². The highest BCUT2D eigenvalue weighted by Crippen LogP contribution is 2.44. The highest BCUT2D eigenvalue weighted by Gasteiger charge is 2.58. The zero-order valence-electron chi connectivity index (χ0n) is 16.6. The summed E-state index contributed by atoms with van der Waals surface area (Å²) in [5.74, 6) is -1.05. The zero-order chi connectivity index (χ0) is 21.0. The molecule has 2 aliphatic heterocycles. The van der Waals surface area contributed by atoms with Gasteiger partial charge in [0.2, 0.25) is 5.91 Å². The summed E-state index contributed by atoms with van der Waals surface area (Å²) in [7, 11) is 1.32. The van der Waals surface area contributed by atoms with Crippen molar-refractivity contribution < 1.29 is 32.7 Å². The summed E-state index contributed by atoms with van der Waals surface area (Å²) in [6.45, 7) is 0.821. The predicted octanol–water partition coefficient (Wildman–Crippen LogP) is 2.60. The number of methoxy groups -OCH3 is 1. The standard InChI is InChI=1S/C20H26F2N2O5/c1-3-28-24-17(25)12-15(18(26)27-2)20(24)8-10-23(11-9-20)13-14-6-4-5-7-16(14)29-19(21)22/h4-7,15,19H,3,8-13H2,1-2H3. The van der Waals surface area contributed by atoms with E-state index in [9.17, 15) is 18.4 Å². The molecule has 9 heteroatoms. The van der Waals surface area contributed by atoms with E-state index in [-0.39, 0.29) is 18.1 Å². The van der Waals surface area contributed by atoms with Crippen LogP contribution in [0, 0.1) is 5.92 Å². The Balaban J connectivity index is 1.74. The second-order valence-corrected chi connectivity index (χ2v) is 7.25. The minimum absolute atomic E-state index is 0.0672. The first-order valence-electron chi connectivity index (χ1n) is 9.70.